The molecule has 0 fully saturated rings. The molecule has 0 aliphatic heterocycles. The molecule has 3 heteroatoms. The second-order valence-corrected chi connectivity index (χ2v) is 13.0. The molecule has 5 aromatic rings. The number of aryl methyl sites for hydroxylation is 2. The monoisotopic (exact) mass is 749 g/mol. The Kier molecular flexibility index (Phi) is 7.15. The molecule has 0 atom stereocenters. The van der Waals surface area contributed by atoms with Gasteiger partial charge in [-0.15, -0.1) is 65.2 Å². The van der Waals surface area contributed by atoms with Crippen molar-refractivity contribution in [3.63, 3.8) is 0 Å². The predicted octanol–water partition coefficient (Wildman–Crippen LogP) is 10.2. The van der Waals surface area contributed by atoms with Crippen LogP contribution in [-0.2, 0) is 36.4 Å². The van der Waals surface area contributed by atoms with Gasteiger partial charge in [0.25, 0.3) is 0 Å². The number of hydrogen-bond acceptors (Lipinski definition) is 2. The Morgan fingerprint density at radius 1 is 0.698 bits per heavy atom. The fraction of sp³-hybridized carbons (Fsp3) is 0.300. The third kappa shape index (κ3) is 6.30. The molecule has 43 heavy (non-hydrogen) atoms. The third-order valence-electron chi connectivity index (χ3n) is 8.87. The zero-order valence-corrected chi connectivity index (χ0v) is 28.3. The average molecular weight is 749 g/mol. The summed E-state index contributed by atoms with van der Waals surface area (Å²) in [6.07, 6.45) is 3.04. The van der Waals surface area contributed by atoms with Crippen molar-refractivity contribution in [2.24, 2.45) is 0 Å². The molecule has 2 nitrogen and oxygen atoms in total. The maximum Gasteiger partial charge on any atom is 0.0280 e. The smallest absolute Gasteiger partial charge is 0.0280 e. The summed E-state index contributed by atoms with van der Waals surface area (Å²) in [4.78, 5) is 8.71. The average Bonchev–Trinajstić information content (AvgIpc) is 3.03. The van der Waals surface area contributed by atoms with Crippen LogP contribution in [0.2, 0.25) is 0 Å². The molecule has 6 rings (SSSR count). The van der Waals surface area contributed by atoms with E-state index < -0.39 is 13.7 Å². The zero-order chi connectivity index (χ0) is 35.3. The van der Waals surface area contributed by atoms with E-state index in [9.17, 15) is 0 Å². The first-order chi connectivity index (χ1) is 22.2. The van der Waals surface area contributed by atoms with Crippen molar-refractivity contribution < 1.29 is 28.3 Å². The number of benzene rings is 3. The van der Waals surface area contributed by atoms with Gasteiger partial charge in [-0.1, -0.05) is 96.0 Å². The number of aromatic nitrogens is 2. The molecule has 3 aromatic carbocycles. The number of pyridine rings is 2. The van der Waals surface area contributed by atoms with Gasteiger partial charge in [0.1, 0.15) is 0 Å². The first-order valence-corrected chi connectivity index (χ1v) is 14.3. The quantitative estimate of drug-likeness (QED) is 0.168. The molecule has 2 heterocycles. The molecule has 0 saturated heterocycles. The maximum atomic E-state index is 7.50. The van der Waals surface area contributed by atoms with Gasteiger partial charge in [-0.25, -0.2) is 0 Å². The summed E-state index contributed by atoms with van der Waals surface area (Å²) in [6, 6.07) is 32.4. The van der Waals surface area contributed by atoms with Gasteiger partial charge in [-0.3, -0.25) is 0 Å². The molecule has 0 saturated carbocycles. The summed E-state index contributed by atoms with van der Waals surface area (Å²) in [5.41, 5.74) is 9.55. The largest absolute Gasteiger partial charge is 0.305 e. The molecule has 0 unspecified atom stereocenters. The number of nitrogens with zero attached hydrogens (tertiary/aromatic N) is 2. The van der Waals surface area contributed by atoms with E-state index in [1.54, 1.807) is 24.3 Å². The van der Waals surface area contributed by atoms with Gasteiger partial charge in [0.05, 0.1) is 0 Å². The summed E-state index contributed by atoms with van der Waals surface area (Å²) in [5.74, 6) is 0. The fourth-order valence-corrected chi connectivity index (χ4v) is 5.52. The molecule has 0 spiro atoms. The van der Waals surface area contributed by atoms with Gasteiger partial charge in [-0.2, -0.15) is 0 Å². The van der Waals surface area contributed by atoms with E-state index in [1.165, 1.54) is 33.9 Å². The van der Waals surface area contributed by atoms with Crippen molar-refractivity contribution in [2.75, 3.05) is 0 Å². The van der Waals surface area contributed by atoms with E-state index in [-0.39, 0.29) is 47.5 Å². The summed E-state index contributed by atoms with van der Waals surface area (Å²) in [6.45, 7) is 11.1. The summed E-state index contributed by atoms with van der Waals surface area (Å²) < 4.78 is 44.7. The van der Waals surface area contributed by atoms with Crippen molar-refractivity contribution in [1.82, 2.24) is 9.97 Å². The van der Waals surface area contributed by atoms with Gasteiger partial charge < -0.3 is 9.97 Å². The Balaban J connectivity index is 0.000000229. The third-order valence-corrected chi connectivity index (χ3v) is 8.87. The van der Waals surface area contributed by atoms with E-state index >= 15 is 0 Å². The standard InChI is InChI=1S/C27H30N.C13H12N.Ir/c1-25(2,3)19-14-15-28-24(17-19)18-12-13-23-21(16-18)20-10-8-9-11-22(20)26(4,5)27(23,6)7;1-10-8-13(14-9-11(10)2)12-6-4-3-5-7-12;/h8-11,13-17H,1-7H3;3-6,8-9H,1-2H3;/q2*-1;/i;1D3,2D3;. The Bertz CT molecular complexity index is 1940. The summed E-state index contributed by atoms with van der Waals surface area (Å²) in [7, 11) is 0. The molecule has 1 aliphatic rings. The van der Waals surface area contributed by atoms with Crippen LogP contribution in [-0.4, -0.2) is 9.97 Å². The van der Waals surface area contributed by atoms with Gasteiger partial charge in [-0.05, 0) is 69.7 Å². The molecule has 0 amide bonds. The van der Waals surface area contributed by atoms with Crippen LogP contribution in [0.25, 0.3) is 33.6 Å². The van der Waals surface area contributed by atoms with E-state index in [4.69, 9.17) is 8.22 Å². The first-order valence-electron chi connectivity index (χ1n) is 17.3. The van der Waals surface area contributed by atoms with Crippen LogP contribution in [0.15, 0.2) is 91.3 Å². The molecule has 2 aromatic heterocycles. The minimum absolute atomic E-state index is 0. The Labute approximate surface area is 280 Å². The van der Waals surface area contributed by atoms with Crippen LogP contribution < -0.4 is 0 Å². The van der Waals surface area contributed by atoms with E-state index in [0.29, 0.717) is 11.3 Å². The Morgan fingerprint density at radius 3 is 2.09 bits per heavy atom. The predicted molar refractivity (Wildman–Crippen MR) is 177 cm³/mol. The van der Waals surface area contributed by atoms with Crippen LogP contribution in [0.3, 0.4) is 0 Å². The van der Waals surface area contributed by atoms with Gasteiger partial charge in [0, 0.05) is 40.7 Å². The van der Waals surface area contributed by atoms with Gasteiger partial charge in [0.15, 0.2) is 0 Å². The maximum absolute atomic E-state index is 7.50. The van der Waals surface area contributed by atoms with Crippen molar-refractivity contribution in [1.29, 1.82) is 0 Å². The topological polar surface area (TPSA) is 25.8 Å². The van der Waals surface area contributed by atoms with Crippen LogP contribution in [0, 0.1) is 25.8 Å². The molecular weight excluding hydrogens is 701 g/mol. The summed E-state index contributed by atoms with van der Waals surface area (Å²) >= 11 is 0. The number of rotatable bonds is 2. The second-order valence-electron chi connectivity index (χ2n) is 13.0. The normalized spacial score (nSPS) is 17.0. The van der Waals surface area contributed by atoms with Gasteiger partial charge in [0.2, 0.25) is 0 Å². The zero-order valence-electron chi connectivity index (χ0n) is 31.9. The van der Waals surface area contributed by atoms with Crippen molar-refractivity contribution in [3.05, 3.63) is 131 Å². The van der Waals surface area contributed by atoms with E-state index in [0.717, 1.165) is 17.5 Å². The number of fused-ring (bicyclic) bond motifs is 3. The SMILES string of the molecule is CC(C)(C)c1ccnc(-c2[c-]cc3c(c2)-c2ccccc2C(C)(C)C3(C)C)c1.[2H]C([2H])([2H])c1cnc(-c2[c-]cccc2)cc1C([2H])([2H])[2H].[Ir]. The van der Waals surface area contributed by atoms with Crippen molar-refractivity contribution in [3.8, 4) is 33.6 Å². The van der Waals surface area contributed by atoms with Gasteiger partial charge >= 0.3 is 0 Å². The minimum Gasteiger partial charge on any atom is -0.305 e. The van der Waals surface area contributed by atoms with Crippen LogP contribution in [0.5, 0.6) is 0 Å². The van der Waals surface area contributed by atoms with Crippen LogP contribution in [0.1, 0.15) is 84.5 Å². The molecular formula is C40H42IrN2-2. The molecule has 1 radical (unpaired) electrons. The second kappa shape index (κ2) is 12.3. The minimum atomic E-state index is -2.50. The van der Waals surface area contributed by atoms with Crippen LogP contribution >= 0.6 is 0 Å². The van der Waals surface area contributed by atoms with E-state index in [2.05, 4.69) is 119 Å². The molecule has 0 bridgehead atoms. The molecule has 0 N–H and O–H groups in total. The molecule has 1 aliphatic carbocycles. The Hall–Kier alpha value is -3.39. The summed E-state index contributed by atoms with van der Waals surface area (Å²) in [5, 5.41) is 0. The fourth-order valence-electron chi connectivity index (χ4n) is 5.52. The Morgan fingerprint density at radius 2 is 1.40 bits per heavy atom. The van der Waals surface area contributed by atoms with Crippen molar-refractivity contribution in [2.45, 2.75) is 78.4 Å². The first kappa shape index (κ1) is 25.0. The number of hydrogen-bond donors (Lipinski definition) is 0. The van der Waals surface area contributed by atoms with Crippen molar-refractivity contribution >= 4 is 0 Å². The van der Waals surface area contributed by atoms with E-state index in [1.807, 2.05) is 6.20 Å². The molecule has 223 valence electrons. The van der Waals surface area contributed by atoms with Crippen LogP contribution in [0.4, 0.5) is 0 Å².